The summed E-state index contributed by atoms with van der Waals surface area (Å²) in [5, 5.41) is 8.70. The molecule has 1 aromatic rings. The molecule has 78 valence electrons. The first-order chi connectivity index (χ1) is 6.69. The van der Waals surface area contributed by atoms with Crippen molar-refractivity contribution < 1.29 is 14.5 Å². The van der Waals surface area contributed by atoms with Crippen molar-refractivity contribution in [2.24, 2.45) is 0 Å². The summed E-state index contributed by atoms with van der Waals surface area (Å²) in [7, 11) is 0. The quantitative estimate of drug-likeness (QED) is 0.711. The molecule has 1 rings (SSSR count). The predicted octanol–water partition coefficient (Wildman–Crippen LogP) is 0.833. The van der Waals surface area contributed by atoms with Crippen LogP contribution < -0.4 is 4.57 Å². The van der Waals surface area contributed by atoms with E-state index in [0.717, 1.165) is 25.2 Å². The molecule has 1 heterocycles. The maximum absolute atomic E-state index is 10.6. The van der Waals surface area contributed by atoms with E-state index in [1.165, 1.54) is 0 Å². The van der Waals surface area contributed by atoms with Crippen LogP contribution in [0.15, 0.2) is 12.4 Å². The molecule has 0 aromatic carbocycles. The van der Waals surface area contributed by atoms with Gasteiger partial charge in [0.2, 0.25) is 0 Å². The number of hydrogen-bond donors (Lipinski definition) is 1. The fourth-order valence-corrected chi connectivity index (χ4v) is 1.64. The molecule has 0 aliphatic heterocycles. The van der Waals surface area contributed by atoms with E-state index in [2.05, 4.69) is 11.5 Å². The van der Waals surface area contributed by atoms with E-state index in [9.17, 15) is 4.79 Å². The molecule has 4 heteroatoms. The van der Waals surface area contributed by atoms with Crippen LogP contribution in [0, 0.1) is 0 Å². The molecule has 14 heavy (non-hydrogen) atoms. The Labute approximate surface area is 83.8 Å². The van der Waals surface area contributed by atoms with Crippen LogP contribution in [-0.4, -0.2) is 15.6 Å². The fraction of sp³-hybridized carbons (Fsp3) is 0.600. The molecule has 0 saturated carbocycles. The molecule has 0 spiro atoms. The molecule has 0 radical (unpaired) electrons. The van der Waals surface area contributed by atoms with Crippen molar-refractivity contribution in [3.8, 4) is 0 Å². The molecule has 0 aliphatic rings. The summed E-state index contributed by atoms with van der Waals surface area (Å²) in [5.41, 5.74) is 0. The third-order valence-electron chi connectivity index (χ3n) is 2.18. The molecule has 4 nitrogen and oxygen atoms in total. The number of imidazole rings is 1. The first-order valence-electron chi connectivity index (χ1n) is 4.98. The lowest BCUT2D eigenvalue weighted by Gasteiger charge is -1.99. The van der Waals surface area contributed by atoms with Crippen LogP contribution in [0.25, 0.3) is 0 Å². The monoisotopic (exact) mass is 197 g/mol. The van der Waals surface area contributed by atoms with Gasteiger partial charge < -0.3 is 5.11 Å². The van der Waals surface area contributed by atoms with E-state index in [-0.39, 0.29) is 6.54 Å². The number of carboxylic acids is 1. The van der Waals surface area contributed by atoms with Gasteiger partial charge >= 0.3 is 5.97 Å². The molecule has 0 atom stereocenters. The van der Waals surface area contributed by atoms with Crippen LogP contribution in [0.3, 0.4) is 0 Å². The van der Waals surface area contributed by atoms with Gasteiger partial charge in [0.1, 0.15) is 12.4 Å². The Morgan fingerprint density at radius 3 is 2.79 bits per heavy atom. The summed E-state index contributed by atoms with van der Waals surface area (Å²) in [6, 6.07) is 0. The number of aliphatic carboxylic acids is 1. The molecule has 1 N–H and O–H groups in total. The average Bonchev–Trinajstić information content (AvgIpc) is 2.47. The van der Waals surface area contributed by atoms with Gasteiger partial charge in [-0.3, -0.25) is 0 Å². The molecule has 0 amide bonds. The summed E-state index contributed by atoms with van der Waals surface area (Å²) in [6.45, 7) is 5.16. The second-order valence-corrected chi connectivity index (χ2v) is 3.28. The Hall–Kier alpha value is -1.32. The van der Waals surface area contributed by atoms with Crippen molar-refractivity contribution in [1.29, 1.82) is 0 Å². The largest absolute Gasteiger partial charge is 0.478 e. The standard InChI is InChI=1S/C10H16N2O2/c1-3-5-11-6-7-12(8-10(13)14)9(11)4-2/h6-7H,3-5,8H2,1-2H3/p+1. The van der Waals surface area contributed by atoms with Gasteiger partial charge in [0.05, 0.1) is 6.54 Å². The van der Waals surface area contributed by atoms with Crippen molar-refractivity contribution in [2.45, 2.75) is 39.8 Å². The summed E-state index contributed by atoms with van der Waals surface area (Å²) in [5.74, 6) is 0.285. The number of aromatic nitrogens is 2. The Bertz CT molecular complexity index is 318. The highest BCUT2D eigenvalue weighted by Crippen LogP contribution is 1.98. The highest BCUT2D eigenvalue weighted by atomic mass is 16.4. The van der Waals surface area contributed by atoms with Gasteiger partial charge in [-0.05, 0) is 6.42 Å². The lowest BCUT2D eigenvalue weighted by Crippen LogP contribution is -2.40. The van der Waals surface area contributed by atoms with E-state index < -0.39 is 5.97 Å². The number of rotatable bonds is 5. The van der Waals surface area contributed by atoms with Gasteiger partial charge in [-0.15, -0.1) is 0 Å². The molecule has 1 aromatic heterocycles. The van der Waals surface area contributed by atoms with Crippen molar-refractivity contribution in [1.82, 2.24) is 4.57 Å². The Kier molecular flexibility index (Phi) is 3.68. The van der Waals surface area contributed by atoms with Crippen molar-refractivity contribution in [3.63, 3.8) is 0 Å². The SMILES string of the molecule is CCCn1cc[n+](CC(=O)O)c1CC. The summed E-state index contributed by atoms with van der Waals surface area (Å²) in [6.07, 6.45) is 5.71. The van der Waals surface area contributed by atoms with E-state index in [1.807, 2.05) is 19.3 Å². The number of carboxylic acid groups (broad SMARTS) is 1. The highest BCUT2D eigenvalue weighted by molar-refractivity contribution is 5.64. The summed E-state index contributed by atoms with van der Waals surface area (Å²) < 4.78 is 3.90. The lowest BCUT2D eigenvalue weighted by atomic mass is 10.4. The summed E-state index contributed by atoms with van der Waals surface area (Å²) >= 11 is 0. The van der Waals surface area contributed by atoms with Gasteiger partial charge in [-0.25, -0.2) is 13.9 Å². The first kappa shape index (κ1) is 10.8. The topological polar surface area (TPSA) is 46.1 Å². The van der Waals surface area contributed by atoms with Crippen LogP contribution >= 0.6 is 0 Å². The normalized spacial score (nSPS) is 10.4. The average molecular weight is 197 g/mol. The van der Waals surface area contributed by atoms with E-state index >= 15 is 0 Å². The Morgan fingerprint density at radius 1 is 1.57 bits per heavy atom. The maximum atomic E-state index is 10.6. The molecule has 0 fully saturated rings. The van der Waals surface area contributed by atoms with Gasteiger partial charge in [-0.1, -0.05) is 13.8 Å². The predicted molar refractivity (Wildman–Crippen MR) is 51.9 cm³/mol. The molecular formula is C10H17N2O2+. The number of hydrogen-bond acceptors (Lipinski definition) is 1. The van der Waals surface area contributed by atoms with Crippen LogP contribution in [0.2, 0.25) is 0 Å². The second-order valence-electron chi connectivity index (χ2n) is 3.28. The highest BCUT2D eigenvalue weighted by Gasteiger charge is 2.16. The molecule has 0 bridgehead atoms. The Morgan fingerprint density at radius 2 is 2.29 bits per heavy atom. The number of aryl methyl sites for hydroxylation is 1. The smallest absolute Gasteiger partial charge is 0.346 e. The molecule has 0 aliphatic carbocycles. The number of carbonyl (C=O) groups is 1. The van der Waals surface area contributed by atoms with Gasteiger partial charge in [0.15, 0.2) is 6.54 Å². The number of nitrogens with zero attached hydrogens (tertiary/aromatic N) is 2. The van der Waals surface area contributed by atoms with Crippen LogP contribution in [0.5, 0.6) is 0 Å². The van der Waals surface area contributed by atoms with Crippen molar-refractivity contribution >= 4 is 5.97 Å². The maximum Gasteiger partial charge on any atom is 0.346 e. The molecular weight excluding hydrogens is 180 g/mol. The molecule has 0 saturated heterocycles. The van der Waals surface area contributed by atoms with Crippen molar-refractivity contribution in [2.75, 3.05) is 0 Å². The third-order valence-corrected chi connectivity index (χ3v) is 2.18. The van der Waals surface area contributed by atoms with Gasteiger partial charge in [0, 0.05) is 6.42 Å². The van der Waals surface area contributed by atoms with E-state index in [0.29, 0.717) is 0 Å². The minimum absolute atomic E-state index is 0.0554. The zero-order valence-corrected chi connectivity index (χ0v) is 8.73. The van der Waals surface area contributed by atoms with Gasteiger partial charge in [0.25, 0.3) is 5.82 Å². The zero-order valence-electron chi connectivity index (χ0n) is 8.73. The van der Waals surface area contributed by atoms with Crippen LogP contribution in [0.4, 0.5) is 0 Å². The molecule has 0 unspecified atom stereocenters. The van der Waals surface area contributed by atoms with Crippen molar-refractivity contribution in [3.05, 3.63) is 18.2 Å². The summed E-state index contributed by atoms with van der Waals surface area (Å²) in [4.78, 5) is 10.6. The second kappa shape index (κ2) is 4.79. The minimum atomic E-state index is -0.793. The Balaban J connectivity index is 2.88. The fourth-order valence-electron chi connectivity index (χ4n) is 1.64. The van der Waals surface area contributed by atoms with E-state index in [1.54, 1.807) is 4.57 Å². The third kappa shape index (κ3) is 2.34. The van der Waals surface area contributed by atoms with Gasteiger partial charge in [-0.2, -0.15) is 0 Å². The van der Waals surface area contributed by atoms with Crippen LogP contribution in [-0.2, 0) is 24.3 Å². The van der Waals surface area contributed by atoms with E-state index in [4.69, 9.17) is 5.11 Å². The zero-order chi connectivity index (χ0) is 10.6. The lowest BCUT2D eigenvalue weighted by molar-refractivity contribution is -0.692. The van der Waals surface area contributed by atoms with Crippen LogP contribution in [0.1, 0.15) is 26.1 Å². The first-order valence-corrected chi connectivity index (χ1v) is 4.98. The minimum Gasteiger partial charge on any atom is -0.478 e.